The normalized spacial score (nSPS) is 20.2. The molecule has 1 fully saturated rings. The van der Waals surface area contributed by atoms with Crippen LogP contribution in [0.15, 0.2) is 18.2 Å². The molecule has 18 heavy (non-hydrogen) atoms. The second-order valence-corrected chi connectivity index (χ2v) is 4.85. The van der Waals surface area contributed by atoms with Gasteiger partial charge in [0.25, 0.3) is 5.91 Å². The van der Waals surface area contributed by atoms with E-state index in [-0.39, 0.29) is 17.5 Å². The predicted octanol–water partition coefficient (Wildman–Crippen LogP) is 2.01. The first-order chi connectivity index (χ1) is 8.66. The van der Waals surface area contributed by atoms with Gasteiger partial charge in [0.05, 0.1) is 5.56 Å². The van der Waals surface area contributed by atoms with Crippen LogP contribution in [0.4, 0.5) is 4.39 Å². The Labute approximate surface area is 107 Å². The molecule has 1 aliphatic heterocycles. The van der Waals surface area contributed by atoms with Crippen molar-refractivity contribution in [2.75, 3.05) is 13.1 Å². The summed E-state index contributed by atoms with van der Waals surface area (Å²) in [6, 6.07) is 4.79. The molecule has 1 saturated heterocycles. The van der Waals surface area contributed by atoms with Gasteiger partial charge in [-0.1, -0.05) is 12.5 Å². The molecular formula is C14H19FN2O. The van der Waals surface area contributed by atoms with Crippen molar-refractivity contribution in [2.24, 2.45) is 0 Å². The first-order valence-electron chi connectivity index (χ1n) is 6.44. The second kappa shape index (κ2) is 5.96. The number of carbonyl (C=O) groups is 1. The molecule has 1 unspecified atom stereocenters. The summed E-state index contributed by atoms with van der Waals surface area (Å²) in [5.74, 6) is -0.768. The lowest BCUT2D eigenvalue weighted by Crippen LogP contribution is -2.41. The third kappa shape index (κ3) is 3.29. The Morgan fingerprint density at radius 1 is 1.44 bits per heavy atom. The highest BCUT2D eigenvalue weighted by Crippen LogP contribution is 2.11. The van der Waals surface area contributed by atoms with Gasteiger partial charge < -0.3 is 10.6 Å². The second-order valence-electron chi connectivity index (χ2n) is 4.85. The lowest BCUT2D eigenvalue weighted by atomic mass is 10.1. The molecule has 3 nitrogen and oxygen atoms in total. The Bertz CT molecular complexity index is 426. The van der Waals surface area contributed by atoms with Gasteiger partial charge in [-0.15, -0.1) is 0 Å². The van der Waals surface area contributed by atoms with Gasteiger partial charge in [0.1, 0.15) is 5.82 Å². The molecule has 4 heteroatoms. The molecule has 0 bridgehead atoms. The molecule has 1 heterocycles. The maximum atomic E-state index is 13.7. The van der Waals surface area contributed by atoms with Gasteiger partial charge >= 0.3 is 0 Å². The first kappa shape index (κ1) is 13.0. The third-order valence-corrected chi connectivity index (χ3v) is 3.25. The number of carbonyl (C=O) groups excluding carboxylic acids is 1. The van der Waals surface area contributed by atoms with Crippen LogP contribution in [0.25, 0.3) is 0 Å². The summed E-state index contributed by atoms with van der Waals surface area (Å²) in [4.78, 5) is 12.0. The molecule has 1 atom stereocenters. The summed E-state index contributed by atoms with van der Waals surface area (Å²) in [5.41, 5.74) is 0.949. The molecule has 0 spiro atoms. The highest BCUT2D eigenvalue weighted by atomic mass is 19.1. The lowest BCUT2D eigenvalue weighted by molar-refractivity contribution is 0.0931. The van der Waals surface area contributed by atoms with Crippen LogP contribution in [0.3, 0.4) is 0 Å². The molecule has 1 aliphatic rings. The molecule has 0 aliphatic carbocycles. The number of hydrogen-bond acceptors (Lipinski definition) is 2. The zero-order chi connectivity index (χ0) is 13.0. The van der Waals surface area contributed by atoms with E-state index < -0.39 is 5.82 Å². The molecule has 1 amide bonds. The lowest BCUT2D eigenvalue weighted by Gasteiger charge is -2.16. The van der Waals surface area contributed by atoms with Gasteiger partial charge in [0, 0.05) is 12.6 Å². The summed E-state index contributed by atoms with van der Waals surface area (Å²) >= 11 is 0. The van der Waals surface area contributed by atoms with Gasteiger partial charge in [-0.05, 0) is 44.0 Å². The highest BCUT2D eigenvalue weighted by Gasteiger charge is 2.17. The van der Waals surface area contributed by atoms with E-state index in [1.54, 1.807) is 19.1 Å². The summed E-state index contributed by atoms with van der Waals surface area (Å²) < 4.78 is 13.7. The number of rotatable bonds is 2. The molecule has 2 rings (SSSR count). The van der Waals surface area contributed by atoms with E-state index in [1.165, 1.54) is 6.07 Å². The van der Waals surface area contributed by atoms with Crippen molar-refractivity contribution in [1.82, 2.24) is 10.6 Å². The molecule has 98 valence electrons. The van der Waals surface area contributed by atoms with Gasteiger partial charge in [0.15, 0.2) is 0 Å². The van der Waals surface area contributed by atoms with E-state index in [2.05, 4.69) is 10.6 Å². The van der Waals surface area contributed by atoms with Crippen molar-refractivity contribution in [3.8, 4) is 0 Å². The minimum atomic E-state index is -0.450. The summed E-state index contributed by atoms with van der Waals surface area (Å²) in [6.07, 6.45) is 3.17. The van der Waals surface area contributed by atoms with E-state index in [9.17, 15) is 9.18 Å². The molecular weight excluding hydrogens is 231 g/mol. The predicted molar refractivity (Wildman–Crippen MR) is 69.1 cm³/mol. The van der Waals surface area contributed by atoms with E-state index in [4.69, 9.17) is 0 Å². The van der Waals surface area contributed by atoms with Crippen molar-refractivity contribution in [3.63, 3.8) is 0 Å². The van der Waals surface area contributed by atoms with Crippen molar-refractivity contribution in [2.45, 2.75) is 32.2 Å². The molecule has 0 aromatic heterocycles. The first-order valence-corrected chi connectivity index (χ1v) is 6.44. The van der Waals surface area contributed by atoms with Crippen LogP contribution in [-0.2, 0) is 0 Å². The molecule has 0 radical (unpaired) electrons. The van der Waals surface area contributed by atoms with Crippen LogP contribution < -0.4 is 10.6 Å². The number of benzene rings is 1. The Morgan fingerprint density at radius 2 is 2.28 bits per heavy atom. The topological polar surface area (TPSA) is 41.1 Å². The number of hydrogen-bond donors (Lipinski definition) is 2. The van der Waals surface area contributed by atoms with Crippen LogP contribution in [0.5, 0.6) is 0 Å². The zero-order valence-corrected chi connectivity index (χ0v) is 10.6. The number of nitrogens with one attached hydrogen (secondary N) is 2. The Balaban J connectivity index is 2.02. The largest absolute Gasteiger partial charge is 0.348 e. The maximum absolute atomic E-state index is 13.7. The summed E-state index contributed by atoms with van der Waals surface area (Å²) in [7, 11) is 0. The average molecular weight is 250 g/mol. The minimum absolute atomic E-state index is 0.0979. The molecule has 2 N–H and O–H groups in total. The van der Waals surface area contributed by atoms with Gasteiger partial charge in [-0.25, -0.2) is 4.39 Å². The molecule has 1 aromatic rings. The van der Waals surface area contributed by atoms with E-state index in [0.29, 0.717) is 0 Å². The Kier molecular flexibility index (Phi) is 4.31. The smallest absolute Gasteiger partial charge is 0.254 e. The zero-order valence-electron chi connectivity index (χ0n) is 10.6. The number of amides is 1. The fraction of sp³-hybridized carbons (Fsp3) is 0.500. The third-order valence-electron chi connectivity index (χ3n) is 3.25. The van der Waals surface area contributed by atoms with Gasteiger partial charge in [-0.3, -0.25) is 4.79 Å². The highest BCUT2D eigenvalue weighted by molar-refractivity contribution is 5.94. The molecule has 0 saturated carbocycles. The maximum Gasteiger partial charge on any atom is 0.254 e. The van der Waals surface area contributed by atoms with Crippen molar-refractivity contribution in [1.29, 1.82) is 0 Å². The van der Waals surface area contributed by atoms with Gasteiger partial charge in [0.2, 0.25) is 0 Å². The van der Waals surface area contributed by atoms with Gasteiger partial charge in [-0.2, -0.15) is 0 Å². The Hall–Kier alpha value is -1.42. The SMILES string of the molecule is Cc1ccc(C(=O)NC2CCCCNC2)c(F)c1. The molecule has 1 aromatic carbocycles. The van der Waals surface area contributed by atoms with Crippen LogP contribution in [0.2, 0.25) is 0 Å². The number of aryl methyl sites for hydroxylation is 1. The van der Waals surface area contributed by atoms with Crippen LogP contribution >= 0.6 is 0 Å². The Morgan fingerprint density at radius 3 is 3.06 bits per heavy atom. The van der Waals surface area contributed by atoms with Crippen molar-refractivity contribution in [3.05, 3.63) is 35.1 Å². The van der Waals surface area contributed by atoms with E-state index in [0.717, 1.165) is 37.9 Å². The standard InChI is InChI=1S/C14H19FN2O/c1-10-5-6-12(13(15)8-10)14(18)17-11-4-2-3-7-16-9-11/h5-6,8,11,16H,2-4,7,9H2,1H3,(H,17,18). The average Bonchev–Trinajstić information content (AvgIpc) is 2.57. The van der Waals surface area contributed by atoms with E-state index >= 15 is 0 Å². The van der Waals surface area contributed by atoms with Crippen LogP contribution in [-0.4, -0.2) is 25.0 Å². The van der Waals surface area contributed by atoms with Crippen molar-refractivity contribution < 1.29 is 9.18 Å². The minimum Gasteiger partial charge on any atom is -0.348 e. The van der Waals surface area contributed by atoms with Crippen molar-refractivity contribution >= 4 is 5.91 Å². The van der Waals surface area contributed by atoms with Crippen LogP contribution in [0, 0.1) is 12.7 Å². The van der Waals surface area contributed by atoms with E-state index in [1.807, 2.05) is 0 Å². The van der Waals surface area contributed by atoms with Crippen LogP contribution in [0.1, 0.15) is 35.2 Å². The fourth-order valence-corrected chi connectivity index (χ4v) is 2.21. The number of halogens is 1. The summed E-state index contributed by atoms with van der Waals surface area (Å²) in [5, 5.41) is 6.16. The monoisotopic (exact) mass is 250 g/mol. The fourth-order valence-electron chi connectivity index (χ4n) is 2.21. The summed E-state index contributed by atoms with van der Waals surface area (Å²) in [6.45, 7) is 3.56. The quantitative estimate of drug-likeness (QED) is 0.843.